The third kappa shape index (κ3) is 4.35. The summed E-state index contributed by atoms with van der Waals surface area (Å²) in [4.78, 5) is 20.9. The molecule has 29 heavy (non-hydrogen) atoms. The normalized spacial score (nSPS) is 11.1. The fraction of sp³-hybridized carbons (Fsp3) is 0.0500. The molecule has 0 fully saturated rings. The molecule has 146 valence electrons. The number of nitrogens with two attached hydrogens (primary N) is 1. The van der Waals surface area contributed by atoms with Crippen molar-refractivity contribution in [3.05, 3.63) is 104 Å². The van der Waals surface area contributed by atoms with Gasteiger partial charge in [0, 0.05) is 22.9 Å². The molecule has 0 spiro atoms. The highest BCUT2D eigenvalue weighted by molar-refractivity contribution is 6.16. The highest BCUT2D eigenvalue weighted by Crippen LogP contribution is 2.29. The number of nitro groups is 2. The van der Waals surface area contributed by atoms with Crippen molar-refractivity contribution in [2.24, 2.45) is 5.10 Å². The Balaban J connectivity index is 2.10. The van der Waals surface area contributed by atoms with Crippen LogP contribution >= 0.6 is 0 Å². The van der Waals surface area contributed by atoms with E-state index in [0.717, 1.165) is 17.2 Å². The monoisotopic (exact) mass is 391 g/mol. The summed E-state index contributed by atoms with van der Waals surface area (Å²) in [6.45, 7) is 1.92. The van der Waals surface area contributed by atoms with E-state index in [1.54, 1.807) is 6.07 Å². The molecular weight excluding hydrogens is 374 g/mol. The number of nitrogen functional groups attached to an aromatic ring is 1. The first-order chi connectivity index (χ1) is 13.9. The van der Waals surface area contributed by atoms with Crippen LogP contribution in [0.5, 0.6) is 0 Å². The molecule has 0 aliphatic heterocycles. The first-order valence-corrected chi connectivity index (χ1v) is 8.55. The molecule has 0 unspecified atom stereocenters. The lowest BCUT2D eigenvalue weighted by Crippen LogP contribution is -2.10. The van der Waals surface area contributed by atoms with Gasteiger partial charge >= 0.3 is 5.69 Å². The van der Waals surface area contributed by atoms with Crippen LogP contribution in [0.4, 0.5) is 22.7 Å². The molecule has 0 aliphatic carbocycles. The van der Waals surface area contributed by atoms with E-state index >= 15 is 0 Å². The highest BCUT2D eigenvalue weighted by Gasteiger charge is 2.20. The molecule has 0 bridgehead atoms. The SMILES string of the molecule is Cc1ccc(N)c(/C(=N/Nc2ccc([N+](=O)[O-])cc2[N+](=O)[O-])c2ccccc2)c1. The second-order valence-electron chi connectivity index (χ2n) is 6.24. The maximum Gasteiger partial charge on any atom is 0.301 e. The van der Waals surface area contributed by atoms with Crippen LogP contribution < -0.4 is 11.2 Å². The second-order valence-corrected chi connectivity index (χ2v) is 6.24. The van der Waals surface area contributed by atoms with Gasteiger partial charge in [0.15, 0.2) is 0 Å². The third-order valence-electron chi connectivity index (χ3n) is 4.19. The number of anilines is 2. The summed E-state index contributed by atoms with van der Waals surface area (Å²) in [5, 5.41) is 26.6. The predicted octanol–water partition coefficient (Wildman–Crippen LogP) is 4.26. The number of aryl methyl sites for hydroxylation is 1. The Hall–Kier alpha value is -4.27. The number of hydrogen-bond donors (Lipinski definition) is 2. The zero-order chi connectivity index (χ0) is 21.0. The first kappa shape index (κ1) is 19.5. The number of hydrazone groups is 1. The lowest BCUT2D eigenvalue weighted by atomic mass is 9.99. The van der Waals surface area contributed by atoms with Gasteiger partial charge in [0.1, 0.15) is 5.69 Å². The van der Waals surface area contributed by atoms with Crippen LogP contribution in [0, 0.1) is 27.2 Å². The zero-order valence-corrected chi connectivity index (χ0v) is 15.4. The maximum absolute atomic E-state index is 11.4. The Bertz CT molecular complexity index is 1110. The van der Waals surface area contributed by atoms with Crippen molar-refractivity contribution in [2.45, 2.75) is 6.92 Å². The van der Waals surface area contributed by atoms with Crippen LogP contribution in [0.1, 0.15) is 16.7 Å². The summed E-state index contributed by atoms with van der Waals surface area (Å²) >= 11 is 0. The van der Waals surface area contributed by atoms with Crippen LogP contribution in [-0.4, -0.2) is 15.6 Å². The zero-order valence-electron chi connectivity index (χ0n) is 15.4. The number of nitrogens with zero attached hydrogens (tertiary/aromatic N) is 3. The number of hydrogen-bond acceptors (Lipinski definition) is 7. The maximum atomic E-state index is 11.4. The standard InChI is InChI=1S/C20H17N5O4/c1-13-7-9-17(21)16(11-13)20(14-5-3-2-4-6-14)23-22-18-10-8-15(24(26)27)12-19(18)25(28)29/h2-12,22H,21H2,1H3/b23-20+. The van der Waals surface area contributed by atoms with Gasteiger partial charge in [-0.1, -0.05) is 42.0 Å². The molecule has 0 saturated carbocycles. The first-order valence-electron chi connectivity index (χ1n) is 8.55. The fourth-order valence-corrected chi connectivity index (χ4v) is 2.75. The summed E-state index contributed by atoms with van der Waals surface area (Å²) in [5.74, 6) is 0. The van der Waals surface area contributed by atoms with E-state index in [4.69, 9.17) is 5.73 Å². The van der Waals surface area contributed by atoms with E-state index in [0.29, 0.717) is 17.0 Å². The summed E-state index contributed by atoms with van der Waals surface area (Å²) in [7, 11) is 0. The summed E-state index contributed by atoms with van der Waals surface area (Å²) in [6.07, 6.45) is 0. The molecule has 0 aromatic heterocycles. The van der Waals surface area contributed by atoms with E-state index < -0.39 is 15.5 Å². The van der Waals surface area contributed by atoms with Crippen LogP contribution in [0.3, 0.4) is 0 Å². The lowest BCUT2D eigenvalue weighted by Gasteiger charge is -2.12. The van der Waals surface area contributed by atoms with Gasteiger partial charge in [-0.2, -0.15) is 5.10 Å². The van der Waals surface area contributed by atoms with E-state index in [-0.39, 0.29) is 11.4 Å². The molecule has 9 heteroatoms. The molecule has 3 aromatic rings. The van der Waals surface area contributed by atoms with Crippen molar-refractivity contribution in [1.29, 1.82) is 0 Å². The van der Waals surface area contributed by atoms with Crippen molar-refractivity contribution < 1.29 is 9.85 Å². The van der Waals surface area contributed by atoms with E-state index in [1.165, 1.54) is 12.1 Å². The van der Waals surface area contributed by atoms with Crippen molar-refractivity contribution in [3.63, 3.8) is 0 Å². The van der Waals surface area contributed by atoms with Crippen molar-refractivity contribution in [2.75, 3.05) is 11.2 Å². The molecule has 3 N–H and O–H groups in total. The topological polar surface area (TPSA) is 137 Å². The minimum atomic E-state index is -0.700. The molecular formula is C20H17N5O4. The minimum Gasteiger partial charge on any atom is -0.398 e. The molecule has 0 atom stereocenters. The third-order valence-corrected chi connectivity index (χ3v) is 4.19. The average molecular weight is 391 g/mol. The van der Waals surface area contributed by atoms with Crippen molar-refractivity contribution >= 4 is 28.5 Å². The minimum absolute atomic E-state index is 0.0280. The van der Waals surface area contributed by atoms with Gasteiger partial charge < -0.3 is 5.73 Å². The summed E-state index contributed by atoms with van der Waals surface area (Å²) < 4.78 is 0. The molecule has 3 aromatic carbocycles. The van der Waals surface area contributed by atoms with E-state index in [9.17, 15) is 20.2 Å². The Morgan fingerprint density at radius 3 is 2.34 bits per heavy atom. The van der Waals surface area contributed by atoms with Crippen LogP contribution in [0.25, 0.3) is 0 Å². The van der Waals surface area contributed by atoms with Gasteiger partial charge in [0.05, 0.1) is 21.6 Å². The molecule has 0 amide bonds. The van der Waals surface area contributed by atoms with Gasteiger partial charge in [0.2, 0.25) is 0 Å². The Morgan fingerprint density at radius 2 is 1.69 bits per heavy atom. The smallest absolute Gasteiger partial charge is 0.301 e. The van der Waals surface area contributed by atoms with Crippen molar-refractivity contribution in [1.82, 2.24) is 0 Å². The Morgan fingerprint density at radius 1 is 0.966 bits per heavy atom. The predicted molar refractivity (Wildman–Crippen MR) is 111 cm³/mol. The largest absolute Gasteiger partial charge is 0.398 e. The van der Waals surface area contributed by atoms with Crippen molar-refractivity contribution in [3.8, 4) is 0 Å². The molecule has 3 rings (SSSR count). The quantitative estimate of drug-likeness (QED) is 0.279. The van der Waals surface area contributed by atoms with E-state index in [1.807, 2.05) is 49.4 Å². The molecule has 0 radical (unpaired) electrons. The summed E-state index contributed by atoms with van der Waals surface area (Å²) in [6, 6.07) is 18.0. The number of non-ortho nitro benzene ring substituents is 1. The number of rotatable bonds is 6. The fourth-order valence-electron chi connectivity index (χ4n) is 2.75. The van der Waals surface area contributed by atoms with Gasteiger partial charge in [-0.05, 0) is 25.1 Å². The lowest BCUT2D eigenvalue weighted by molar-refractivity contribution is -0.393. The van der Waals surface area contributed by atoms with Gasteiger partial charge in [-0.3, -0.25) is 25.7 Å². The van der Waals surface area contributed by atoms with Gasteiger partial charge in [-0.15, -0.1) is 0 Å². The van der Waals surface area contributed by atoms with Gasteiger partial charge in [-0.25, -0.2) is 0 Å². The average Bonchev–Trinajstić information content (AvgIpc) is 2.71. The molecule has 0 heterocycles. The number of benzene rings is 3. The Labute approximate surface area is 165 Å². The van der Waals surface area contributed by atoms with Crippen LogP contribution in [0.2, 0.25) is 0 Å². The number of nitrogens with one attached hydrogen (secondary N) is 1. The summed E-state index contributed by atoms with van der Waals surface area (Å²) in [5.41, 5.74) is 11.4. The number of nitro benzene ring substituents is 2. The molecule has 9 nitrogen and oxygen atoms in total. The second kappa shape index (κ2) is 8.17. The molecule has 0 aliphatic rings. The van der Waals surface area contributed by atoms with Crippen LogP contribution in [0.15, 0.2) is 71.8 Å². The highest BCUT2D eigenvalue weighted by atomic mass is 16.6. The Kier molecular flexibility index (Phi) is 5.49. The molecule has 0 saturated heterocycles. The van der Waals surface area contributed by atoms with E-state index in [2.05, 4.69) is 10.5 Å². The van der Waals surface area contributed by atoms with Crippen LogP contribution in [-0.2, 0) is 0 Å². The van der Waals surface area contributed by atoms with Gasteiger partial charge in [0.25, 0.3) is 5.69 Å².